The van der Waals surface area contributed by atoms with Crippen LogP contribution >= 0.6 is 0 Å². The van der Waals surface area contributed by atoms with E-state index in [1.807, 2.05) is 0 Å². The molecule has 1 aromatic rings. The molecule has 0 aromatic carbocycles. The van der Waals surface area contributed by atoms with E-state index in [0.29, 0.717) is 0 Å². The molecule has 0 spiro atoms. The van der Waals surface area contributed by atoms with Gasteiger partial charge in [-0.3, -0.25) is 4.98 Å². The van der Waals surface area contributed by atoms with E-state index in [9.17, 15) is 9.50 Å². The van der Waals surface area contributed by atoms with Crippen LogP contribution in [0.25, 0.3) is 0 Å². The van der Waals surface area contributed by atoms with Crippen molar-refractivity contribution in [2.45, 2.75) is 12.4 Å². The molecule has 0 bridgehead atoms. The molecule has 0 amide bonds. The van der Waals surface area contributed by atoms with Crippen LogP contribution in [0, 0.1) is 5.82 Å². The lowest BCUT2D eigenvalue weighted by Crippen LogP contribution is -2.23. The van der Waals surface area contributed by atoms with Crippen molar-refractivity contribution >= 4 is 0 Å². The predicted octanol–water partition coefficient (Wildman–Crippen LogP) is 0.873. The standard InChI is InChI=1S/C9H12FNO3/c1-13-9(14-2)8(12)6-3-4-11-5-7(6)10/h3-5,8-9,12H,1-2H3. The molecule has 1 atom stereocenters. The van der Waals surface area contributed by atoms with Crippen molar-refractivity contribution in [3.63, 3.8) is 0 Å². The second-order valence-corrected chi connectivity index (χ2v) is 2.68. The molecule has 0 fully saturated rings. The van der Waals surface area contributed by atoms with Gasteiger partial charge in [0.2, 0.25) is 0 Å². The summed E-state index contributed by atoms with van der Waals surface area (Å²) >= 11 is 0. The summed E-state index contributed by atoms with van der Waals surface area (Å²) in [5, 5.41) is 9.64. The van der Waals surface area contributed by atoms with Crippen molar-refractivity contribution in [2.24, 2.45) is 0 Å². The Morgan fingerprint density at radius 3 is 2.57 bits per heavy atom. The van der Waals surface area contributed by atoms with Crippen molar-refractivity contribution in [1.29, 1.82) is 0 Å². The number of ether oxygens (including phenoxy) is 2. The van der Waals surface area contributed by atoms with E-state index in [1.54, 1.807) is 0 Å². The highest BCUT2D eigenvalue weighted by Crippen LogP contribution is 2.21. The summed E-state index contributed by atoms with van der Waals surface area (Å²) in [5.74, 6) is -0.584. The summed E-state index contributed by atoms with van der Waals surface area (Å²) in [7, 11) is 2.74. The van der Waals surface area contributed by atoms with E-state index in [4.69, 9.17) is 9.47 Å². The number of hydrogen-bond donors (Lipinski definition) is 1. The molecule has 0 aliphatic heterocycles. The molecule has 1 heterocycles. The van der Waals surface area contributed by atoms with Gasteiger partial charge in [0.1, 0.15) is 11.9 Å². The monoisotopic (exact) mass is 201 g/mol. The van der Waals surface area contributed by atoms with E-state index in [-0.39, 0.29) is 5.56 Å². The molecule has 1 rings (SSSR count). The van der Waals surface area contributed by atoms with E-state index >= 15 is 0 Å². The molecule has 4 nitrogen and oxygen atoms in total. The summed E-state index contributed by atoms with van der Waals surface area (Å²) in [6.45, 7) is 0. The number of methoxy groups -OCH3 is 2. The molecule has 1 aromatic heterocycles. The molecule has 1 N–H and O–H groups in total. The van der Waals surface area contributed by atoms with Crippen LogP contribution in [0.5, 0.6) is 0 Å². The minimum Gasteiger partial charge on any atom is -0.383 e. The average molecular weight is 201 g/mol. The third kappa shape index (κ3) is 2.25. The first-order valence-corrected chi connectivity index (χ1v) is 4.03. The molecule has 14 heavy (non-hydrogen) atoms. The van der Waals surface area contributed by atoms with Crippen LogP contribution in [-0.4, -0.2) is 30.6 Å². The SMILES string of the molecule is COC(OC)C(O)c1ccncc1F. The van der Waals surface area contributed by atoms with Crippen LogP contribution in [-0.2, 0) is 9.47 Å². The highest BCUT2D eigenvalue weighted by molar-refractivity contribution is 5.16. The zero-order chi connectivity index (χ0) is 10.6. The van der Waals surface area contributed by atoms with Gasteiger partial charge in [0.25, 0.3) is 0 Å². The third-order valence-electron chi connectivity index (χ3n) is 1.84. The highest BCUT2D eigenvalue weighted by atomic mass is 19.1. The van der Waals surface area contributed by atoms with Gasteiger partial charge < -0.3 is 14.6 Å². The number of aromatic nitrogens is 1. The maximum Gasteiger partial charge on any atom is 0.187 e. The highest BCUT2D eigenvalue weighted by Gasteiger charge is 2.22. The minimum atomic E-state index is -1.16. The fourth-order valence-electron chi connectivity index (χ4n) is 1.13. The largest absolute Gasteiger partial charge is 0.383 e. The van der Waals surface area contributed by atoms with Gasteiger partial charge in [0.15, 0.2) is 6.29 Å². The molecular weight excluding hydrogens is 189 g/mol. The predicted molar refractivity (Wildman–Crippen MR) is 47.0 cm³/mol. The molecule has 0 aliphatic rings. The summed E-state index contributed by atoms with van der Waals surface area (Å²) in [4.78, 5) is 3.57. The number of aliphatic hydroxyl groups is 1. The van der Waals surface area contributed by atoms with Gasteiger partial charge in [-0.15, -0.1) is 0 Å². The number of rotatable bonds is 4. The van der Waals surface area contributed by atoms with Crippen molar-refractivity contribution in [2.75, 3.05) is 14.2 Å². The maximum atomic E-state index is 13.1. The second-order valence-electron chi connectivity index (χ2n) is 2.68. The van der Waals surface area contributed by atoms with E-state index in [2.05, 4.69) is 4.98 Å². The Morgan fingerprint density at radius 2 is 2.07 bits per heavy atom. The maximum absolute atomic E-state index is 13.1. The van der Waals surface area contributed by atoms with Crippen molar-refractivity contribution in [3.05, 3.63) is 29.8 Å². The summed E-state index contributed by atoms with van der Waals surface area (Å²) < 4.78 is 22.8. The van der Waals surface area contributed by atoms with E-state index in [0.717, 1.165) is 6.20 Å². The number of halogens is 1. The van der Waals surface area contributed by atoms with Crippen molar-refractivity contribution in [1.82, 2.24) is 4.98 Å². The topological polar surface area (TPSA) is 51.6 Å². The van der Waals surface area contributed by atoms with Crippen LogP contribution in [0.15, 0.2) is 18.5 Å². The Balaban J connectivity index is 2.88. The first kappa shape index (κ1) is 11.0. The number of aliphatic hydroxyl groups excluding tert-OH is 1. The molecule has 0 saturated carbocycles. The Labute approximate surface area is 81.3 Å². The van der Waals surface area contributed by atoms with E-state index in [1.165, 1.54) is 26.5 Å². The summed E-state index contributed by atoms with van der Waals surface area (Å²) in [5.41, 5.74) is 0.105. The van der Waals surface area contributed by atoms with Gasteiger partial charge >= 0.3 is 0 Å². The van der Waals surface area contributed by atoms with Crippen LogP contribution < -0.4 is 0 Å². The fraction of sp³-hybridized carbons (Fsp3) is 0.444. The minimum absolute atomic E-state index is 0.105. The molecular formula is C9H12FNO3. The van der Waals surface area contributed by atoms with Gasteiger partial charge in [-0.05, 0) is 6.07 Å². The lowest BCUT2D eigenvalue weighted by atomic mass is 10.1. The first-order valence-electron chi connectivity index (χ1n) is 4.03. The fourth-order valence-corrected chi connectivity index (χ4v) is 1.13. The summed E-state index contributed by atoms with van der Waals surface area (Å²) in [6.07, 6.45) is 0.380. The smallest absolute Gasteiger partial charge is 0.187 e. The Morgan fingerprint density at radius 1 is 1.43 bits per heavy atom. The number of hydrogen-bond acceptors (Lipinski definition) is 4. The van der Waals surface area contributed by atoms with Crippen molar-refractivity contribution in [3.8, 4) is 0 Å². The lowest BCUT2D eigenvalue weighted by Gasteiger charge is -2.20. The van der Waals surface area contributed by atoms with Crippen LogP contribution in [0.2, 0.25) is 0 Å². The van der Waals surface area contributed by atoms with Gasteiger partial charge in [-0.2, -0.15) is 0 Å². The molecule has 0 saturated heterocycles. The van der Waals surface area contributed by atoms with Crippen molar-refractivity contribution < 1.29 is 19.0 Å². The quantitative estimate of drug-likeness (QED) is 0.734. The Hall–Kier alpha value is -1.04. The molecule has 5 heteroatoms. The van der Waals surface area contributed by atoms with Gasteiger partial charge in [-0.25, -0.2) is 4.39 Å². The van der Waals surface area contributed by atoms with Crippen LogP contribution in [0.1, 0.15) is 11.7 Å². The Kier molecular flexibility index (Phi) is 3.94. The molecule has 1 unspecified atom stereocenters. The molecule has 0 radical (unpaired) electrons. The third-order valence-corrected chi connectivity index (χ3v) is 1.84. The lowest BCUT2D eigenvalue weighted by molar-refractivity contribution is -0.166. The molecule has 0 aliphatic carbocycles. The second kappa shape index (κ2) is 4.99. The zero-order valence-corrected chi connectivity index (χ0v) is 7.98. The van der Waals surface area contributed by atoms with E-state index < -0.39 is 18.2 Å². The van der Waals surface area contributed by atoms with Gasteiger partial charge in [0.05, 0.1) is 6.20 Å². The zero-order valence-electron chi connectivity index (χ0n) is 7.98. The van der Waals surface area contributed by atoms with Crippen LogP contribution in [0.3, 0.4) is 0 Å². The Bertz CT molecular complexity index is 291. The van der Waals surface area contributed by atoms with Gasteiger partial charge in [-0.1, -0.05) is 0 Å². The summed E-state index contributed by atoms with van der Waals surface area (Å²) in [6, 6.07) is 1.38. The number of nitrogens with zero attached hydrogens (tertiary/aromatic N) is 1. The normalized spacial score (nSPS) is 13.2. The molecule has 78 valence electrons. The van der Waals surface area contributed by atoms with Gasteiger partial charge in [0, 0.05) is 26.0 Å². The number of pyridine rings is 1. The first-order chi connectivity index (χ1) is 6.70. The average Bonchev–Trinajstić information content (AvgIpc) is 2.20. The van der Waals surface area contributed by atoms with Crippen LogP contribution in [0.4, 0.5) is 4.39 Å².